The lowest BCUT2D eigenvalue weighted by molar-refractivity contribution is -0.131. The van der Waals surface area contributed by atoms with Crippen LogP contribution in [0.5, 0.6) is 5.75 Å². The Morgan fingerprint density at radius 3 is 2.65 bits per heavy atom. The fourth-order valence-corrected chi connectivity index (χ4v) is 5.87. The van der Waals surface area contributed by atoms with E-state index >= 15 is 0 Å². The molecule has 2 fully saturated rings. The number of hydrogen-bond donors (Lipinski definition) is 3. The summed E-state index contributed by atoms with van der Waals surface area (Å²) in [5.74, 6) is 2.08. The number of aromatic amines is 1. The van der Waals surface area contributed by atoms with Crippen LogP contribution in [-0.2, 0) is 17.6 Å². The SMILES string of the molecule is COc1ccc2c(c1)CCN(C1CCN(C(=O)CNC(=O)c3cc(C)c4nc(CC5CC5)[nH]c4c3)CC1)C(=O)N2. The highest BCUT2D eigenvalue weighted by Gasteiger charge is 2.31. The molecule has 1 aliphatic carbocycles. The van der Waals surface area contributed by atoms with E-state index in [0.717, 1.165) is 58.2 Å². The van der Waals surface area contributed by atoms with Gasteiger partial charge in [-0.25, -0.2) is 9.78 Å². The van der Waals surface area contributed by atoms with Gasteiger partial charge in [0, 0.05) is 43.3 Å². The Morgan fingerprint density at radius 1 is 1.10 bits per heavy atom. The molecule has 1 saturated carbocycles. The number of carbonyl (C=O) groups is 3. The van der Waals surface area contributed by atoms with Gasteiger partial charge in [0.15, 0.2) is 0 Å². The van der Waals surface area contributed by atoms with Crippen LogP contribution in [0.1, 0.15) is 53.0 Å². The van der Waals surface area contributed by atoms with E-state index in [2.05, 4.69) is 15.6 Å². The number of rotatable bonds is 7. The topological polar surface area (TPSA) is 120 Å². The van der Waals surface area contributed by atoms with Crippen molar-refractivity contribution in [3.05, 3.63) is 52.8 Å². The standard InChI is InChI=1S/C30H36N6O4/c1-18-13-21(16-25-28(18)34-26(32-25)14-19-3-4-19)29(38)31-17-27(37)35-10-8-22(9-11-35)36-12-7-20-15-23(40-2)5-6-24(20)33-30(36)39/h5-6,13,15-16,19,22H,3-4,7-12,14,17H2,1-2H3,(H,31,38)(H,32,34)(H,33,39). The Labute approximate surface area is 233 Å². The highest BCUT2D eigenvalue weighted by atomic mass is 16.5. The van der Waals surface area contributed by atoms with E-state index in [9.17, 15) is 14.4 Å². The number of imidazole rings is 1. The number of benzene rings is 2. The average molecular weight is 545 g/mol. The van der Waals surface area contributed by atoms with E-state index in [1.165, 1.54) is 12.8 Å². The number of likely N-dealkylation sites (tertiary alicyclic amines) is 1. The molecule has 210 valence electrons. The summed E-state index contributed by atoms with van der Waals surface area (Å²) in [5, 5.41) is 5.82. The number of amides is 4. The van der Waals surface area contributed by atoms with Crippen LogP contribution in [0.3, 0.4) is 0 Å². The third-order valence-corrected chi connectivity index (χ3v) is 8.36. The number of ether oxygens (including phenoxy) is 1. The Balaban J connectivity index is 1.01. The quantitative estimate of drug-likeness (QED) is 0.420. The smallest absolute Gasteiger partial charge is 0.322 e. The highest BCUT2D eigenvalue weighted by molar-refractivity contribution is 5.99. The predicted octanol–water partition coefficient (Wildman–Crippen LogP) is 3.64. The van der Waals surface area contributed by atoms with Gasteiger partial charge in [-0.3, -0.25) is 9.59 Å². The minimum absolute atomic E-state index is 0.0577. The fourth-order valence-electron chi connectivity index (χ4n) is 5.87. The second-order valence-electron chi connectivity index (χ2n) is 11.2. The highest BCUT2D eigenvalue weighted by Crippen LogP contribution is 2.33. The number of methoxy groups -OCH3 is 1. The number of anilines is 1. The van der Waals surface area contributed by atoms with Gasteiger partial charge in [0.05, 0.1) is 24.7 Å². The van der Waals surface area contributed by atoms with Crippen molar-refractivity contribution in [2.45, 2.75) is 51.5 Å². The number of aryl methyl sites for hydroxylation is 1. The normalized spacial score (nSPS) is 17.8. The molecule has 3 aromatic rings. The lowest BCUT2D eigenvalue weighted by Crippen LogP contribution is -2.51. The summed E-state index contributed by atoms with van der Waals surface area (Å²) < 4.78 is 5.33. The molecule has 0 atom stereocenters. The lowest BCUT2D eigenvalue weighted by atomic mass is 10.0. The van der Waals surface area contributed by atoms with Gasteiger partial charge in [0.1, 0.15) is 11.6 Å². The van der Waals surface area contributed by atoms with Crippen LogP contribution >= 0.6 is 0 Å². The number of piperidine rings is 1. The van der Waals surface area contributed by atoms with Gasteiger partial charge in [0.2, 0.25) is 5.91 Å². The second kappa shape index (κ2) is 10.8. The molecule has 6 rings (SSSR count). The van der Waals surface area contributed by atoms with Crippen molar-refractivity contribution in [3.63, 3.8) is 0 Å². The predicted molar refractivity (Wildman–Crippen MR) is 152 cm³/mol. The Hall–Kier alpha value is -4.08. The molecule has 3 heterocycles. The number of fused-ring (bicyclic) bond motifs is 2. The second-order valence-corrected chi connectivity index (χ2v) is 11.2. The number of nitrogens with zero attached hydrogens (tertiary/aromatic N) is 3. The van der Waals surface area contributed by atoms with E-state index in [4.69, 9.17) is 9.72 Å². The Morgan fingerprint density at radius 2 is 1.90 bits per heavy atom. The molecule has 1 aromatic heterocycles. The van der Waals surface area contributed by atoms with Crippen molar-refractivity contribution in [1.82, 2.24) is 25.1 Å². The number of aromatic nitrogens is 2. The Bertz CT molecular complexity index is 1450. The zero-order valence-corrected chi connectivity index (χ0v) is 23.1. The molecular formula is C30H36N6O4. The third-order valence-electron chi connectivity index (χ3n) is 8.36. The van der Waals surface area contributed by atoms with Gasteiger partial charge >= 0.3 is 6.03 Å². The van der Waals surface area contributed by atoms with Crippen LogP contribution in [-0.4, -0.2) is 76.9 Å². The Kier molecular flexibility index (Phi) is 7.08. The van der Waals surface area contributed by atoms with Gasteiger partial charge in [-0.2, -0.15) is 0 Å². The van der Waals surface area contributed by atoms with Crippen LogP contribution in [0.25, 0.3) is 11.0 Å². The summed E-state index contributed by atoms with van der Waals surface area (Å²) >= 11 is 0. The van der Waals surface area contributed by atoms with Crippen molar-refractivity contribution in [2.24, 2.45) is 5.92 Å². The molecule has 1 saturated heterocycles. The van der Waals surface area contributed by atoms with Crippen molar-refractivity contribution in [3.8, 4) is 5.75 Å². The fraction of sp³-hybridized carbons (Fsp3) is 0.467. The minimum atomic E-state index is -0.274. The first-order chi connectivity index (χ1) is 19.4. The summed E-state index contributed by atoms with van der Waals surface area (Å²) in [6.45, 7) is 3.61. The van der Waals surface area contributed by atoms with Crippen LogP contribution in [0.4, 0.5) is 10.5 Å². The van der Waals surface area contributed by atoms with E-state index in [1.54, 1.807) is 12.0 Å². The third kappa shape index (κ3) is 5.48. The van der Waals surface area contributed by atoms with Crippen LogP contribution < -0.4 is 15.4 Å². The molecule has 10 nitrogen and oxygen atoms in total. The molecular weight excluding hydrogens is 508 g/mol. The molecule has 0 unspecified atom stereocenters. The first-order valence-electron chi connectivity index (χ1n) is 14.2. The first-order valence-corrected chi connectivity index (χ1v) is 14.2. The van der Waals surface area contributed by atoms with Gasteiger partial charge in [0.25, 0.3) is 5.91 Å². The van der Waals surface area contributed by atoms with Crippen molar-refractivity contribution in [1.29, 1.82) is 0 Å². The molecule has 2 aliphatic heterocycles. The molecule has 40 heavy (non-hydrogen) atoms. The molecule has 3 N–H and O–H groups in total. The monoisotopic (exact) mass is 544 g/mol. The van der Waals surface area contributed by atoms with Crippen LogP contribution in [0.15, 0.2) is 30.3 Å². The minimum Gasteiger partial charge on any atom is -0.497 e. The number of urea groups is 1. The van der Waals surface area contributed by atoms with Gasteiger partial charge in [-0.1, -0.05) is 0 Å². The van der Waals surface area contributed by atoms with Crippen molar-refractivity contribution < 1.29 is 19.1 Å². The average Bonchev–Trinajstić information content (AvgIpc) is 3.71. The zero-order valence-electron chi connectivity index (χ0n) is 23.1. The summed E-state index contributed by atoms with van der Waals surface area (Å²) in [4.78, 5) is 50.5. The molecule has 3 aliphatic rings. The molecule has 2 aromatic carbocycles. The zero-order chi connectivity index (χ0) is 27.8. The summed E-state index contributed by atoms with van der Waals surface area (Å²) in [6, 6.07) is 9.30. The van der Waals surface area contributed by atoms with Crippen LogP contribution in [0.2, 0.25) is 0 Å². The molecule has 4 amide bonds. The number of H-pyrrole nitrogens is 1. The van der Waals surface area contributed by atoms with Crippen molar-refractivity contribution in [2.75, 3.05) is 38.6 Å². The molecule has 10 heteroatoms. The largest absolute Gasteiger partial charge is 0.497 e. The van der Waals surface area contributed by atoms with Gasteiger partial charge in [-0.05, 0) is 86.4 Å². The van der Waals surface area contributed by atoms with Crippen LogP contribution in [0, 0.1) is 12.8 Å². The summed E-state index contributed by atoms with van der Waals surface area (Å²) in [5.41, 5.74) is 5.08. The number of hydrogen-bond acceptors (Lipinski definition) is 5. The number of nitrogens with one attached hydrogen (secondary N) is 3. The van der Waals surface area contributed by atoms with Gasteiger partial charge in [-0.15, -0.1) is 0 Å². The molecule has 0 spiro atoms. The first kappa shape index (κ1) is 26.2. The summed E-state index contributed by atoms with van der Waals surface area (Å²) in [7, 11) is 1.63. The van der Waals surface area contributed by atoms with E-state index in [1.807, 2.05) is 42.2 Å². The van der Waals surface area contributed by atoms with E-state index in [-0.39, 0.29) is 30.4 Å². The maximum atomic E-state index is 13.0. The lowest BCUT2D eigenvalue weighted by Gasteiger charge is -2.38. The van der Waals surface area contributed by atoms with E-state index < -0.39 is 0 Å². The van der Waals surface area contributed by atoms with E-state index in [0.29, 0.717) is 38.0 Å². The molecule has 0 radical (unpaired) electrons. The molecule has 0 bridgehead atoms. The number of carbonyl (C=O) groups excluding carboxylic acids is 3. The van der Waals surface area contributed by atoms with Gasteiger partial charge < -0.3 is 30.2 Å². The summed E-state index contributed by atoms with van der Waals surface area (Å²) in [6.07, 6.45) is 5.60. The maximum absolute atomic E-state index is 13.0. The van der Waals surface area contributed by atoms with Crippen molar-refractivity contribution >= 4 is 34.6 Å². The maximum Gasteiger partial charge on any atom is 0.322 e.